The van der Waals surface area contributed by atoms with E-state index in [9.17, 15) is 18.0 Å². The number of carbonyl (C=O) groups is 1. The number of nitrogens with zero attached hydrogens (tertiary/aromatic N) is 4. The first kappa shape index (κ1) is 24.1. The van der Waals surface area contributed by atoms with E-state index < -0.39 is 17.3 Å². The first-order valence-electron chi connectivity index (χ1n) is 13.2. The third-order valence-corrected chi connectivity index (χ3v) is 8.27. The number of alkyl halides is 3. The lowest BCUT2D eigenvalue weighted by Crippen LogP contribution is -2.55. The average Bonchev–Trinajstić information content (AvgIpc) is 3.60. The minimum Gasteiger partial charge on any atom is -0.379 e. The highest BCUT2D eigenvalue weighted by molar-refractivity contribution is 5.87. The number of carbonyl (C=O) groups excluding carboxylic acids is 1. The van der Waals surface area contributed by atoms with Crippen molar-refractivity contribution in [3.05, 3.63) is 30.2 Å². The van der Waals surface area contributed by atoms with Gasteiger partial charge in [-0.3, -0.25) is 9.78 Å². The van der Waals surface area contributed by atoms with E-state index in [-0.39, 0.29) is 55.0 Å². The highest BCUT2D eigenvalue weighted by Gasteiger charge is 2.53. The fourth-order valence-electron chi connectivity index (χ4n) is 6.17. The smallest absolute Gasteiger partial charge is 0.379 e. The van der Waals surface area contributed by atoms with Crippen molar-refractivity contribution in [2.75, 3.05) is 38.3 Å². The molecule has 198 valence electrons. The van der Waals surface area contributed by atoms with Crippen LogP contribution in [0, 0.1) is 11.3 Å². The van der Waals surface area contributed by atoms with Crippen molar-refractivity contribution in [1.29, 1.82) is 0 Å². The molecule has 0 unspecified atom stereocenters. The molecule has 4 aliphatic rings. The minimum absolute atomic E-state index is 0.00274. The molecule has 6 atom stereocenters. The molecular formula is C25H34F3N5O3. The van der Waals surface area contributed by atoms with E-state index in [1.54, 1.807) is 0 Å². The monoisotopic (exact) mass is 510 g/mol. The van der Waals surface area contributed by atoms with E-state index in [0.717, 1.165) is 12.6 Å². The molecule has 0 aromatic carbocycles. The van der Waals surface area contributed by atoms with Crippen molar-refractivity contribution in [2.45, 2.75) is 69.6 Å². The van der Waals surface area contributed by atoms with Gasteiger partial charge in [0.05, 0.1) is 44.0 Å². The predicted octanol–water partition coefficient (Wildman–Crippen LogP) is 2.65. The molecule has 0 saturated carbocycles. The molecule has 4 heterocycles. The van der Waals surface area contributed by atoms with E-state index in [0.29, 0.717) is 39.1 Å². The number of fused-ring (bicyclic) bond motifs is 2. The van der Waals surface area contributed by atoms with Crippen LogP contribution in [0.1, 0.15) is 40.2 Å². The molecular weight excluding hydrogens is 475 g/mol. The van der Waals surface area contributed by atoms with Crippen LogP contribution in [-0.4, -0.2) is 84.4 Å². The first-order valence-corrected chi connectivity index (χ1v) is 12.5. The number of aromatic nitrogens is 2. The summed E-state index contributed by atoms with van der Waals surface area (Å²) >= 11 is 0. The summed E-state index contributed by atoms with van der Waals surface area (Å²) in [6.07, 6.45) is 3.59. The number of likely N-dealkylation sites (tertiary alicyclic amines) is 1. The zero-order valence-electron chi connectivity index (χ0n) is 21.6. The number of hydrogen-bond acceptors (Lipinski definition) is 7. The summed E-state index contributed by atoms with van der Waals surface area (Å²) in [6, 6.07) is -0.102. The predicted molar refractivity (Wildman–Crippen MR) is 126 cm³/mol. The first-order chi connectivity index (χ1) is 17.6. The Morgan fingerprint density at radius 1 is 1.33 bits per heavy atom. The Hall–Kier alpha value is -2.24. The van der Waals surface area contributed by atoms with Gasteiger partial charge in [-0.25, -0.2) is 4.98 Å². The number of ether oxygens (including phenoxy) is 2. The van der Waals surface area contributed by atoms with Crippen LogP contribution in [0.4, 0.5) is 19.0 Å². The lowest BCUT2D eigenvalue weighted by Gasteiger charge is -2.41. The van der Waals surface area contributed by atoms with E-state index >= 15 is 0 Å². The maximum Gasteiger partial charge on any atom is 0.434 e. The van der Waals surface area contributed by atoms with Crippen molar-refractivity contribution in [2.24, 2.45) is 11.3 Å². The number of nitrogens with one attached hydrogen (secondary N) is 1. The van der Waals surface area contributed by atoms with Crippen molar-refractivity contribution in [3.8, 4) is 0 Å². The van der Waals surface area contributed by atoms with Gasteiger partial charge in [0.1, 0.15) is 5.82 Å². The van der Waals surface area contributed by atoms with Gasteiger partial charge >= 0.3 is 6.18 Å². The van der Waals surface area contributed by atoms with Gasteiger partial charge in [-0.15, -0.1) is 0 Å². The number of hydrogen-bond donors (Lipinski definition) is 1. The lowest BCUT2D eigenvalue weighted by atomic mass is 9.74. The largest absolute Gasteiger partial charge is 0.434 e. The molecule has 3 fully saturated rings. The van der Waals surface area contributed by atoms with Crippen LogP contribution < -0.4 is 10.2 Å². The molecule has 1 N–H and O–H groups in total. The summed E-state index contributed by atoms with van der Waals surface area (Å²) in [7, 11) is -0.123. The standard InChI is InChI=1S/C25H34F3N5O3/c1-15(2)24(6-4-16(9-24)30-19-5-7-36-14-20(19)35-3)23(34)33-13-17-8-18(33)12-32(17)22-11-29-10-21(31-22)25(26,27)28/h4,6,10-11,15-20,30H,5,7-9,12-14H2,1-3H3/t16-,17+,18+,19+,20-,24+/m1/s1/i3D. The number of amides is 1. The van der Waals surface area contributed by atoms with Crippen LogP contribution in [-0.2, 0) is 20.4 Å². The molecule has 3 aliphatic heterocycles. The second-order valence-electron chi connectivity index (χ2n) is 10.6. The van der Waals surface area contributed by atoms with Crippen LogP contribution in [0.5, 0.6) is 0 Å². The van der Waals surface area contributed by atoms with E-state index in [4.69, 9.17) is 10.8 Å². The minimum atomic E-state index is -4.55. The van der Waals surface area contributed by atoms with Gasteiger partial charge in [0.25, 0.3) is 0 Å². The summed E-state index contributed by atoms with van der Waals surface area (Å²) in [5.41, 5.74) is -1.66. The van der Waals surface area contributed by atoms with Crippen LogP contribution in [0.15, 0.2) is 24.5 Å². The molecule has 2 bridgehead atoms. The fourth-order valence-corrected chi connectivity index (χ4v) is 6.17. The molecule has 3 saturated heterocycles. The second kappa shape index (κ2) is 9.57. The van der Waals surface area contributed by atoms with Crippen LogP contribution in [0.2, 0.25) is 0 Å². The number of anilines is 1. The Bertz CT molecular complexity index is 1030. The van der Waals surface area contributed by atoms with Crippen molar-refractivity contribution in [3.63, 3.8) is 0 Å². The van der Waals surface area contributed by atoms with Crippen molar-refractivity contribution in [1.82, 2.24) is 20.2 Å². The normalized spacial score (nSPS) is 34.6. The van der Waals surface area contributed by atoms with Gasteiger partial charge in [-0.1, -0.05) is 26.0 Å². The molecule has 0 radical (unpaired) electrons. The van der Waals surface area contributed by atoms with Crippen molar-refractivity contribution >= 4 is 11.7 Å². The van der Waals surface area contributed by atoms with Crippen LogP contribution >= 0.6 is 0 Å². The number of rotatable bonds is 6. The third kappa shape index (κ3) is 4.50. The number of methoxy groups -OCH3 is 1. The molecule has 1 aromatic heterocycles. The summed E-state index contributed by atoms with van der Waals surface area (Å²) in [5.74, 6) is 0.359. The topological polar surface area (TPSA) is 79.8 Å². The Morgan fingerprint density at radius 3 is 2.86 bits per heavy atom. The van der Waals surface area contributed by atoms with Gasteiger partial charge in [-0.2, -0.15) is 13.2 Å². The Labute approximate surface area is 210 Å². The molecule has 36 heavy (non-hydrogen) atoms. The highest BCUT2D eigenvalue weighted by atomic mass is 19.4. The lowest BCUT2D eigenvalue weighted by molar-refractivity contribution is -0.143. The number of halogens is 3. The Kier molecular flexibility index (Phi) is 6.41. The molecule has 1 aliphatic carbocycles. The third-order valence-electron chi connectivity index (χ3n) is 8.27. The Balaban J connectivity index is 1.26. The second-order valence-corrected chi connectivity index (χ2v) is 10.6. The maximum atomic E-state index is 14.0. The van der Waals surface area contributed by atoms with Crippen molar-refractivity contribution < 1.29 is 28.8 Å². The van der Waals surface area contributed by atoms with E-state index in [2.05, 4.69) is 35.2 Å². The summed E-state index contributed by atoms with van der Waals surface area (Å²) in [5, 5.41) is 3.63. The van der Waals surface area contributed by atoms with Gasteiger partial charge in [0, 0.05) is 38.9 Å². The zero-order chi connectivity index (χ0) is 26.4. The molecule has 1 amide bonds. The van der Waals surface area contributed by atoms with Gasteiger partial charge < -0.3 is 24.6 Å². The fraction of sp³-hybridized carbons (Fsp3) is 0.720. The zero-order valence-corrected chi connectivity index (χ0v) is 20.6. The summed E-state index contributed by atoms with van der Waals surface area (Å²) in [4.78, 5) is 25.4. The highest BCUT2D eigenvalue weighted by Crippen LogP contribution is 2.45. The van der Waals surface area contributed by atoms with Gasteiger partial charge in [-0.05, 0) is 25.2 Å². The van der Waals surface area contributed by atoms with Gasteiger partial charge in [0.2, 0.25) is 5.91 Å². The molecule has 5 rings (SSSR count). The van der Waals surface area contributed by atoms with E-state index in [1.807, 2.05) is 15.9 Å². The van der Waals surface area contributed by atoms with Crippen LogP contribution in [0.3, 0.4) is 0 Å². The summed E-state index contributed by atoms with van der Waals surface area (Å²) < 4.78 is 57.9. The van der Waals surface area contributed by atoms with Crippen LogP contribution in [0.25, 0.3) is 0 Å². The number of piperazine rings is 1. The summed E-state index contributed by atoms with van der Waals surface area (Å²) in [6.45, 7) is 6.10. The molecule has 8 nitrogen and oxygen atoms in total. The molecule has 11 heteroatoms. The quantitative estimate of drug-likeness (QED) is 0.590. The maximum absolute atomic E-state index is 14.0. The average molecular weight is 511 g/mol. The molecule has 0 spiro atoms. The Morgan fingerprint density at radius 2 is 2.17 bits per heavy atom. The van der Waals surface area contributed by atoms with Gasteiger partial charge in [0.15, 0.2) is 5.69 Å². The molecule has 1 aromatic rings. The van der Waals surface area contributed by atoms with E-state index in [1.165, 1.54) is 6.20 Å². The SMILES string of the molecule is [2H]CO[C@@H]1COCC[C@@H]1N[C@@H]1C=C[C@@](C(=O)N2C[C@@H]3C[C@H]2CN3c2cncc(C(F)(F)F)n2)(C(C)C)C1.